The SMILES string of the molecule is O=C(CCCc1cccs1)Nc1cc(C(F)(F)F)ccc1N1CCOCC1. The van der Waals surface area contributed by atoms with Gasteiger partial charge in [0.1, 0.15) is 0 Å². The van der Waals surface area contributed by atoms with Crippen molar-refractivity contribution < 1.29 is 22.7 Å². The van der Waals surface area contributed by atoms with Crippen LogP contribution in [0.3, 0.4) is 0 Å². The van der Waals surface area contributed by atoms with Crippen molar-refractivity contribution >= 4 is 28.6 Å². The summed E-state index contributed by atoms with van der Waals surface area (Å²) in [4.78, 5) is 15.4. The minimum Gasteiger partial charge on any atom is -0.378 e. The molecule has 1 saturated heterocycles. The third-order valence-electron chi connectivity index (χ3n) is 4.36. The number of benzene rings is 1. The Labute approximate surface area is 159 Å². The van der Waals surface area contributed by atoms with Gasteiger partial charge in [-0.3, -0.25) is 4.79 Å². The lowest BCUT2D eigenvalue weighted by atomic mass is 10.1. The molecule has 27 heavy (non-hydrogen) atoms. The fourth-order valence-corrected chi connectivity index (χ4v) is 3.73. The van der Waals surface area contributed by atoms with Crippen molar-refractivity contribution in [3.63, 3.8) is 0 Å². The summed E-state index contributed by atoms with van der Waals surface area (Å²) in [5, 5.41) is 4.66. The van der Waals surface area contributed by atoms with E-state index in [2.05, 4.69) is 5.32 Å². The van der Waals surface area contributed by atoms with Gasteiger partial charge in [-0.05, 0) is 42.5 Å². The number of carbonyl (C=O) groups excluding carboxylic acids is 1. The first-order valence-electron chi connectivity index (χ1n) is 8.79. The number of morpholine rings is 1. The lowest BCUT2D eigenvalue weighted by molar-refractivity contribution is -0.137. The van der Waals surface area contributed by atoms with E-state index in [4.69, 9.17) is 4.74 Å². The van der Waals surface area contributed by atoms with E-state index in [-0.39, 0.29) is 18.0 Å². The number of aryl methyl sites for hydroxylation is 1. The fraction of sp³-hybridized carbons (Fsp3) is 0.421. The number of nitrogens with one attached hydrogen (secondary N) is 1. The fourth-order valence-electron chi connectivity index (χ4n) is 2.98. The Morgan fingerprint density at radius 3 is 2.67 bits per heavy atom. The van der Waals surface area contributed by atoms with Gasteiger partial charge >= 0.3 is 6.18 Å². The second-order valence-electron chi connectivity index (χ2n) is 6.31. The number of amides is 1. The normalized spacial score (nSPS) is 15.0. The number of hydrogen-bond acceptors (Lipinski definition) is 4. The van der Waals surface area contributed by atoms with Crippen molar-refractivity contribution in [1.29, 1.82) is 0 Å². The van der Waals surface area contributed by atoms with Gasteiger partial charge in [-0.2, -0.15) is 13.2 Å². The van der Waals surface area contributed by atoms with Crippen molar-refractivity contribution in [2.45, 2.75) is 25.4 Å². The van der Waals surface area contributed by atoms with Crippen molar-refractivity contribution in [2.75, 3.05) is 36.5 Å². The summed E-state index contributed by atoms with van der Waals surface area (Å²) >= 11 is 1.63. The van der Waals surface area contributed by atoms with E-state index in [9.17, 15) is 18.0 Å². The highest BCUT2D eigenvalue weighted by atomic mass is 32.1. The standard InChI is InChI=1S/C19H21F3N2O2S/c20-19(21,22)14-6-7-17(24-8-10-26-11-9-24)16(13-14)23-18(25)5-1-3-15-4-2-12-27-15/h2,4,6-7,12-13H,1,3,5,8-11H2,(H,23,25). The van der Waals surface area contributed by atoms with E-state index in [0.717, 1.165) is 18.6 Å². The maximum atomic E-state index is 13.1. The molecule has 0 atom stereocenters. The molecule has 8 heteroatoms. The van der Waals surface area contributed by atoms with Gasteiger partial charge < -0.3 is 15.0 Å². The van der Waals surface area contributed by atoms with Crippen LogP contribution in [0.15, 0.2) is 35.7 Å². The van der Waals surface area contributed by atoms with Crippen LogP contribution in [0.2, 0.25) is 0 Å². The van der Waals surface area contributed by atoms with Gasteiger partial charge in [0, 0.05) is 24.4 Å². The molecule has 0 bridgehead atoms. The number of nitrogens with zero attached hydrogens (tertiary/aromatic N) is 1. The van der Waals surface area contributed by atoms with Crippen LogP contribution in [0.5, 0.6) is 0 Å². The van der Waals surface area contributed by atoms with Gasteiger partial charge in [-0.1, -0.05) is 6.07 Å². The lowest BCUT2D eigenvalue weighted by Crippen LogP contribution is -2.36. The first-order chi connectivity index (χ1) is 12.9. The summed E-state index contributed by atoms with van der Waals surface area (Å²) in [6, 6.07) is 7.46. The molecule has 1 N–H and O–H groups in total. The van der Waals surface area contributed by atoms with Gasteiger partial charge in [0.2, 0.25) is 5.91 Å². The van der Waals surface area contributed by atoms with Crippen LogP contribution in [0, 0.1) is 0 Å². The highest BCUT2D eigenvalue weighted by Gasteiger charge is 2.31. The molecule has 0 aliphatic carbocycles. The number of thiophene rings is 1. The van der Waals surface area contributed by atoms with Gasteiger partial charge in [0.15, 0.2) is 0 Å². The molecule has 0 spiro atoms. The molecule has 1 aromatic heterocycles. The number of ether oxygens (including phenoxy) is 1. The minimum atomic E-state index is -4.46. The average Bonchev–Trinajstić information content (AvgIpc) is 3.15. The third-order valence-corrected chi connectivity index (χ3v) is 5.29. The first kappa shape index (κ1) is 19.7. The molecule has 4 nitrogen and oxygen atoms in total. The van der Waals surface area contributed by atoms with Crippen LogP contribution in [0.25, 0.3) is 0 Å². The van der Waals surface area contributed by atoms with Crippen LogP contribution in [0.1, 0.15) is 23.3 Å². The molecule has 2 heterocycles. The molecule has 3 rings (SSSR count). The number of carbonyl (C=O) groups is 1. The number of rotatable bonds is 6. The zero-order chi connectivity index (χ0) is 19.3. The minimum absolute atomic E-state index is 0.202. The monoisotopic (exact) mass is 398 g/mol. The highest BCUT2D eigenvalue weighted by molar-refractivity contribution is 7.09. The topological polar surface area (TPSA) is 41.6 Å². The summed E-state index contributed by atoms with van der Waals surface area (Å²) < 4.78 is 44.6. The third kappa shape index (κ3) is 5.46. The van der Waals surface area contributed by atoms with Crippen LogP contribution < -0.4 is 10.2 Å². The number of alkyl halides is 3. The Balaban J connectivity index is 1.70. The average molecular weight is 398 g/mol. The zero-order valence-corrected chi connectivity index (χ0v) is 15.5. The maximum Gasteiger partial charge on any atom is 0.416 e. The summed E-state index contributed by atoms with van der Waals surface area (Å²) in [6.45, 7) is 2.17. The van der Waals surface area contributed by atoms with Crippen molar-refractivity contribution in [3.8, 4) is 0 Å². The molecule has 1 aliphatic rings. The number of anilines is 2. The Hall–Kier alpha value is -2.06. The molecule has 1 aromatic carbocycles. The smallest absolute Gasteiger partial charge is 0.378 e. The maximum absolute atomic E-state index is 13.1. The van der Waals surface area contributed by atoms with Gasteiger partial charge in [0.05, 0.1) is 30.2 Å². The molecule has 0 unspecified atom stereocenters. The van der Waals surface area contributed by atoms with E-state index < -0.39 is 11.7 Å². The second-order valence-corrected chi connectivity index (χ2v) is 7.34. The lowest BCUT2D eigenvalue weighted by Gasteiger charge is -2.31. The Kier molecular flexibility index (Phi) is 6.38. The van der Waals surface area contributed by atoms with E-state index >= 15 is 0 Å². The van der Waals surface area contributed by atoms with E-state index in [1.54, 1.807) is 11.3 Å². The molecule has 146 valence electrons. The summed E-state index contributed by atoms with van der Waals surface area (Å²) in [6.07, 6.45) is -2.76. The van der Waals surface area contributed by atoms with Crippen LogP contribution in [-0.2, 0) is 22.1 Å². The van der Waals surface area contributed by atoms with E-state index in [0.29, 0.717) is 38.4 Å². The Bertz CT molecular complexity index is 757. The van der Waals surface area contributed by atoms with Crippen molar-refractivity contribution in [2.24, 2.45) is 0 Å². The molecule has 2 aromatic rings. The molecule has 1 aliphatic heterocycles. The Morgan fingerprint density at radius 1 is 1.22 bits per heavy atom. The van der Waals surface area contributed by atoms with Crippen LogP contribution >= 0.6 is 11.3 Å². The summed E-state index contributed by atoms with van der Waals surface area (Å²) in [5.41, 5.74) is 0.0270. The highest BCUT2D eigenvalue weighted by Crippen LogP contribution is 2.35. The number of halogens is 3. The summed E-state index contributed by atoms with van der Waals surface area (Å²) in [7, 11) is 0. The van der Waals surface area contributed by atoms with Gasteiger partial charge in [-0.15, -0.1) is 11.3 Å². The van der Waals surface area contributed by atoms with Crippen LogP contribution in [-0.4, -0.2) is 32.2 Å². The quantitative estimate of drug-likeness (QED) is 0.775. The number of hydrogen-bond donors (Lipinski definition) is 1. The Morgan fingerprint density at radius 2 is 2.00 bits per heavy atom. The molecule has 1 amide bonds. The largest absolute Gasteiger partial charge is 0.416 e. The van der Waals surface area contributed by atoms with Gasteiger partial charge in [0.25, 0.3) is 0 Å². The molecule has 0 saturated carbocycles. The van der Waals surface area contributed by atoms with E-state index in [1.165, 1.54) is 10.9 Å². The van der Waals surface area contributed by atoms with Crippen molar-refractivity contribution in [1.82, 2.24) is 0 Å². The predicted octanol–water partition coefficient (Wildman–Crippen LogP) is 4.56. The molecular formula is C19H21F3N2O2S. The van der Waals surface area contributed by atoms with Crippen molar-refractivity contribution in [3.05, 3.63) is 46.2 Å². The molecule has 0 radical (unpaired) electrons. The van der Waals surface area contributed by atoms with Gasteiger partial charge in [-0.25, -0.2) is 0 Å². The first-order valence-corrected chi connectivity index (χ1v) is 9.67. The predicted molar refractivity (Wildman–Crippen MR) is 100 cm³/mol. The zero-order valence-electron chi connectivity index (χ0n) is 14.7. The molecule has 1 fully saturated rings. The molecular weight excluding hydrogens is 377 g/mol. The van der Waals surface area contributed by atoms with E-state index in [1.807, 2.05) is 22.4 Å². The van der Waals surface area contributed by atoms with Crippen LogP contribution in [0.4, 0.5) is 24.5 Å². The second kappa shape index (κ2) is 8.75. The summed E-state index contributed by atoms with van der Waals surface area (Å²) in [5.74, 6) is -0.277.